The van der Waals surface area contributed by atoms with Crippen molar-refractivity contribution >= 4 is 29.0 Å². The summed E-state index contributed by atoms with van der Waals surface area (Å²) in [5.74, 6) is 0.143. The van der Waals surface area contributed by atoms with E-state index in [4.69, 9.17) is 4.74 Å². The first-order chi connectivity index (χ1) is 14.4. The number of methoxy groups -OCH3 is 1. The van der Waals surface area contributed by atoms with E-state index in [1.54, 1.807) is 12.5 Å². The molecule has 1 aromatic heterocycles. The normalized spacial score (nSPS) is 10.5. The van der Waals surface area contributed by atoms with Gasteiger partial charge < -0.3 is 10.1 Å². The summed E-state index contributed by atoms with van der Waals surface area (Å²) < 4.78 is 8.93. The molecule has 0 saturated heterocycles. The third-order valence-corrected chi connectivity index (χ3v) is 5.18. The Hall–Kier alpha value is -3.26. The third kappa shape index (κ3) is 5.01. The molecule has 0 bridgehead atoms. The number of nitrogens with one attached hydrogen (secondary N) is 1. The van der Waals surface area contributed by atoms with E-state index in [0.29, 0.717) is 6.54 Å². The molecule has 3 rings (SSSR count). The molecule has 0 fully saturated rings. The van der Waals surface area contributed by atoms with Gasteiger partial charge in [0.05, 0.1) is 12.8 Å². The van der Waals surface area contributed by atoms with Gasteiger partial charge in [-0.3, -0.25) is 14.5 Å². The van der Waals surface area contributed by atoms with Crippen LogP contribution >= 0.6 is 11.5 Å². The van der Waals surface area contributed by atoms with Crippen LogP contribution in [0.5, 0.6) is 5.75 Å². The average Bonchev–Trinajstić information content (AvgIpc) is 3.25. The number of hydrogen-bond acceptors (Lipinski definition) is 6. The van der Waals surface area contributed by atoms with Crippen molar-refractivity contribution < 1.29 is 14.3 Å². The molecule has 1 heterocycles. The number of rotatable bonds is 7. The molecular formula is C22H24N4O3S. The number of aryl methyl sites for hydroxylation is 3. The maximum atomic E-state index is 13.1. The summed E-state index contributed by atoms with van der Waals surface area (Å²) in [7, 11) is 1.61. The summed E-state index contributed by atoms with van der Waals surface area (Å²) in [6.45, 7) is 6.11. The quantitative estimate of drug-likeness (QED) is 0.628. The highest BCUT2D eigenvalue weighted by Crippen LogP contribution is 2.27. The highest BCUT2D eigenvalue weighted by molar-refractivity contribution is 7.03. The van der Waals surface area contributed by atoms with Gasteiger partial charge in [0.25, 0.3) is 5.91 Å². The number of benzene rings is 2. The summed E-state index contributed by atoms with van der Waals surface area (Å²) in [6, 6.07) is 11.4. The van der Waals surface area contributed by atoms with Crippen LogP contribution in [0.25, 0.3) is 0 Å². The minimum Gasteiger partial charge on any atom is -0.497 e. The maximum Gasteiger partial charge on any atom is 0.280 e. The van der Waals surface area contributed by atoms with Crippen LogP contribution in [-0.4, -0.2) is 35.1 Å². The van der Waals surface area contributed by atoms with Crippen LogP contribution < -0.4 is 15.0 Å². The van der Waals surface area contributed by atoms with E-state index < -0.39 is 0 Å². The van der Waals surface area contributed by atoms with E-state index in [9.17, 15) is 9.59 Å². The lowest BCUT2D eigenvalue weighted by Gasteiger charge is -2.25. The molecule has 0 spiro atoms. The number of carbonyl (C=O) groups excluding carboxylic acids is 2. The molecule has 0 saturated carbocycles. The van der Waals surface area contributed by atoms with E-state index >= 15 is 0 Å². The fraction of sp³-hybridized carbons (Fsp3) is 0.273. The Balaban J connectivity index is 1.80. The lowest BCUT2D eigenvalue weighted by atomic mass is 10.0. The van der Waals surface area contributed by atoms with Gasteiger partial charge in [-0.15, -0.1) is 5.10 Å². The number of nitrogens with zero attached hydrogens (tertiary/aromatic N) is 3. The molecule has 0 aliphatic rings. The van der Waals surface area contributed by atoms with E-state index in [0.717, 1.165) is 45.2 Å². The van der Waals surface area contributed by atoms with Crippen LogP contribution in [0.4, 0.5) is 5.69 Å². The number of anilines is 1. The molecule has 156 valence electrons. The first-order valence-corrected chi connectivity index (χ1v) is 10.3. The molecule has 0 unspecified atom stereocenters. The van der Waals surface area contributed by atoms with Crippen molar-refractivity contribution in [3.63, 3.8) is 0 Å². The molecule has 1 N–H and O–H groups in total. The Morgan fingerprint density at radius 3 is 2.33 bits per heavy atom. The fourth-order valence-electron chi connectivity index (χ4n) is 3.39. The minimum absolute atomic E-state index is 0.114. The Morgan fingerprint density at radius 1 is 1.10 bits per heavy atom. The van der Waals surface area contributed by atoms with E-state index in [1.165, 1.54) is 4.90 Å². The highest BCUT2D eigenvalue weighted by atomic mass is 32.1. The van der Waals surface area contributed by atoms with Gasteiger partial charge in [0.2, 0.25) is 5.91 Å². The zero-order valence-corrected chi connectivity index (χ0v) is 18.2. The lowest BCUT2D eigenvalue weighted by Crippen LogP contribution is -2.41. The second-order valence-electron chi connectivity index (χ2n) is 7.05. The van der Waals surface area contributed by atoms with Crippen LogP contribution in [0.2, 0.25) is 0 Å². The van der Waals surface area contributed by atoms with Gasteiger partial charge in [-0.25, -0.2) is 0 Å². The number of amides is 2. The molecule has 0 aliphatic heterocycles. The molecule has 30 heavy (non-hydrogen) atoms. The topological polar surface area (TPSA) is 84.4 Å². The molecule has 2 aromatic carbocycles. The molecule has 0 aliphatic carbocycles. The van der Waals surface area contributed by atoms with Crippen LogP contribution in [0.15, 0.2) is 41.8 Å². The van der Waals surface area contributed by atoms with Gasteiger partial charge in [0.15, 0.2) is 5.69 Å². The Labute approximate surface area is 179 Å². The van der Waals surface area contributed by atoms with Crippen LogP contribution in [0, 0.1) is 20.8 Å². The summed E-state index contributed by atoms with van der Waals surface area (Å²) >= 11 is 1.10. The Bertz CT molecular complexity index is 1010. The molecule has 8 heteroatoms. The number of hydrogen-bond donors (Lipinski definition) is 1. The minimum atomic E-state index is -0.349. The van der Waals surface area contributed by atoms with E-state index in [-0.39, 0.29) is 24.1 Å². The molecule has 2 amide bonds. The first kappa shape index (κ1) is 21.4. The van der Waals surface area contributed by atoms with Gasteiger partial charge in [0.1, 0.15) is 12.3 Å². The SMILES string of the molecule is COc1ccc(CNC(=O)CN(C(=O)c2csnn2)c2c(C)cc(C)cc2C)cc1. The van der Waals surface area contributed by atoms with Gasteiger partial charge in [0, 0.05) is 11.9 Å². The largest absolute Gasteiger partial charge is 0.497 e. The summed E-state index contributed by atoms with van der Waals surface area (Å²) in [5, 5.41) is 8.36. The third-order valence-electron chi connectivity index (χ3n) is 4.68. The zero-order chi connectivity index (χ0) is 21.7. The van der Waals surface area contributed by atoms with Crippen LogP contribution in [0.3, 0.4) is 0 Å². The van der Waals surface area contributed by atoms with Gasteiger partial charge >= 0.3 is 0 Å². The van der Waals surface area contributed by atoms with Crippen molar-refractivity contribution in [3.8, 4) is 5.75 Å². The first-order valence-electron chi connectivity index (χ1n) is 9.45. The van der Waals surface area contributed by atoms with Crippen LogP contribution in [0.1, 0.15) is 32.7 Å². The van der Waals surface area contributed by atoms with E-state index in [2.05, 4.69) is 14.9 Å². The lowest BCUT2D eigenvalue weighted by molar-refractivity contribution is -0.119. The fourth-order valence-corrected chi connectivity index (χ4v) is 3.82. The second-order valence-corrected chi connectivity index (χ2v) is 7.66. The van der Waals surface area contributed by atoms with Gasteiger partial charge in [-0.2, -0.15) is 0 Å². The molecule has 0 atom stereocenters. The highest BCUT2D eigenvalue weighted by Gasteiger charge is 2.25. The number of aromatic nitrogens is 2. The second kappa shape index (κ2) is 9.49. The molecule has 7 nitrogen and oxygen atoms in total. The Kier molecular flexibility index (Phi) is 6.79. The smallest absolute Gasteiger partial charge is 0.280 e. The monoisotopic (exact) mass is 424 g/mol. The van der Waals surface area contributed by atoms with Crippen molar-refractivity contribution in [3.05, 3.63) is 69.7 Å². The van der Waals surface area contributed by atoms with E-state index in [1.807, 2.05) is 57.2 Å². The summed E-state index contributed by atoms with van der Waals surface area (Å²) in [4.78, 5) is 27.3. The number of ether oxygens (including phenoxy) is 1. The molecular weight excluding hydrogens is 400 g/mol. The predicted molar refractivity (Wildman–Crippen MR) is 117 cm³/mol. The molecule has 0 radical (unpaired) electrons. The van der Waals surface area contributed by atoms with Crippen molar-refractivity contribution in [2.45, 2.75) is 27.3 Å². The molecule has 3 aromatic rings. The van der Waals surface area contributed by atoms with Crippen LogP contribution in [-0.2, 0) is 11.3 Å². The predicted octanol–water partition coefficient (Wildman–Crippen LogP) is 3.44. The van der Waals surface area contributed by atoms with Crippen molar-refractivity contribution in [2.75, 3.05) is 18.6 Å². The zero-order valence-electron chi connectivity index (χ0n) is 17.4. The van der Waals surface area contributed by atoms with Crippen molar-refractivity contribution in [1.82, 2.24) is 14.9 Å². The average molecular weight is 425 g/mol. The maximum absolute atomic E-state index is 13.1. The van der Waals surface area contributed by atoms with Gasteiger partial charge in [-0.05, 0) is 61.1 Å². The van der Waals surface area contributed by atoms with Crippen molar-refractivity contribution in [1.29, 1.82) is 0 Å². The Morgan fingerprint density at radius 2 is 1.77 bits per heavy atom. The van der Waals surface area contributed by atoms with Gasteiger partial charge in [-0.1, -0.05) is 34.3 Å². The standard InChI is InChI=1S/C22H24N4O3S/c1-14-9-15(2)21(16(3)10-14)26(22(28)19-13-30-25-24-19)12-20(27)23-11-17-5-7-18(29-4)8-6-17/h5-10,13H,11-12H2,1-4H3,(H,23,27). The summed E-state index contributed by atoms with van der Waals surface area (Å²) in [5.41, 5.74) is 4.83. The number of carbonyl (C=O) groups is 2. The summed E-state index contributed by atoms with van der Waals surface area (Å²) in [6.07, 6.45) is 0. The van der Waals surface area contributed by atoms with Crippen molar-refractivity contribution in [2.24, 2.45) is 0 Å².